The van der Waals surface area contributed by atoms with E-state index in [1.807, 2.05) is 19.1 Å². The molecule has 0 saturated heterocycles. The minimum atomic E-state index is 0.426. The Kier molecular flexibility index (Phi) is 2.61. The van der Waals surface area contributed by atoms with Gasteiger partial charge < -0.3 is 5.11 Å². The fourth-order valence-electron chi connectivity index (χ4n) is 3.30. The van der Waals surface area contributed by atoms with E-state index in [0.717, 1.165) is 17.5 Å². The Hall–Kier alpha value is -2.54. The van der Waals surface area contributed by atoms with Crippen molar-refractivity contribution in [2.45, 2.75) is 13.3 Å². The van der Waals surface area contributed by atoms with Gasteiger partial charge in [0, 0.05) is 5.56 Å². The summed E-state index contributed by atoms with van der Waals surface area (Å²) in [5.41, 5.74) is 8.11. The van der Waals surface area contributed by atoms with Crippen LogP contribution in [0.3, 0.4) is 0 Å². The van der Waals surface area contributed by atoms with E-state index in [1.165, 1.54) is 27.8 Å². The number of phenolic OH excluding ortho intramolecular Hbond substituents is 1. The van der Waals surface area contributed by atoms with Gasteiger partial charge >= 0.3 is 0 Å². The van der Waals surface area contributed by atoms with Crippen LogP contribution >= 0.6 is 0 Å². The van der Waals surface area contributed by atoms with Crippen molar-refractivity contribution in [2.75, 3.05) is 0 Å². The summed E-state index contributed by atoms with van der Waals surface area (Å²) >= 11 is 0. The van der Waals surface area contributed by atoms with Gasteiger partial charge in [-0.2, -0.15) is 0 Å². The molecule has 102 valence electrons. The summed E-state index contributed by atoms with van der Waals surface area (Å²) < 4.78 is 0. The largest absolute Gasteiger partial charge is 0.507 e. The van der Waals surface area contributed by atoms with Gasteiger partial charge in [0.2, 0.25) is 0 Å². The number of rotatable bonds is 1. The summed E-state index contributed by atoms with van der Waals surface area (Å²) in [6.07, 6.45) is 0.892. The second-order valence-electron chi connectivity index (χ2n) is 5.64. The lowest BCUT2D eigenvalue weighted by molar-refractivity contribution is 0.473. The van der Waals surface area contributed by atoms with Crippen molar-refractivity contribution >= 4 is 0 Å². The number of fused-ring (bicyclic) bond motifs is 3. The molecule has 1 aliphatic rings. The second-order valence-corrected chi connectivity index (χ2v) is 5.64. The van der Waals surface area contributed by atoms with Crippen LogP contribution in [0.15, 0.2) is 60.7 Å². The number of aryl methyl sites for hydroxylation is 1. The minimum absolute atomic E-state index is 0.426. The topological polar surface area (TPSA) is 20.2 Å². The van der Waals surface area contributed by atoms with Crippen LogP contribution in [0.1, 0.15) is 16.7 Å². The monoisotopic (exact) mass is 272 g/mol. The first-order valence-electron chi connectivity index (χ1n) is 7.25. The van der Waals surface area contributed by atoms with Gasteiger partial charge in [0.25, 0.3) is 0 Å². The van der Waals surface area contributed by atoms with Gasteiger partial charge in [0.15, 0.2) is 0 Å². The Bertz CT molecular complexity index is 832. The molecule has 0 fully saturated rings. The molecule has 1 aliphatic carbocycles. The highest BCUT2D eigenvalue weighted by Crippen LogP contribution is 2.47. The zero-order chi connectivity index (χ0) is 14.4. The van der Waals surface area contributed by atoms with Gasteiger partial charge in [-0.1, -0.05) is 54.6 Å². The Labute approximate surface area is 124 Å². The van der Waals surface area contributed by atoms with E-state index in [4.69, 9.17) is 0 Å². The molecule has 4 rings (SSSR count). The third kappa shape index (κ3) is 1.78. The highest BCUT2D eigenvalue weighted by atomic mass is 16.3. The van der Waals surface area contributed by atoms with Crippen molar-refractivity contribution in [1.29, 1.82) is 0 Å². The van der Waals surface area contributed by atoms with Gasteiger partial charge in [-0.05, 0) is 52.8 Å². The maximum atomic E-state index is 10.5. The molecule has 0 amide bonds. The van der Waals surface area contributed by atoms with E-state index in [0.29, 0.717) is 5.75 Å². The molecule has 0 aromatic heterocycles. The molecule has 1 heteroatoms. The van der Waals surface area contributed by atoms with Crippen molar-refractivity contribution in [1.82, 2.24) is 0 Å². The van der Waals surface area contributed by atoms with Crippen LogP contribution in [-0.2, 0) is 6.42 Å². The molecule has 21 heavy (non-hydrogen) atoms. The van der Waals surface area contributed by atoms with Gasteiger partial charge in [-0.3, -0.25) is 0 Å². The molecule has 0 atom stereocenters. The van der Waals surface area contributed by atoms with Crippen LogP contribution < -0.4 is 0 Å². The second kappa shape index (κ2) is 4.49. The third-order valence-corrected chi connectivity index (χ3v) is 4.34. The molecule has 0 aliphatic heterocycles. The quantitative estimate of drug-likeness (QED) is 0.520. The van der Waals surface area contributed by atoms with Gasteiger partial charge in [0.05, 0.1) is 0 Å². The van der Waals surface area contributed by atoms with Crippen LogP contribution in [0, 0.1) is 6.92 Å². The Morgan fingerprint density at radius 2 is 1.57 bits per heavy atom. The predicted molar refractivity (Wildman–Crippen MR) is 86.5 cm³/mol. The first-order chi connectivity index (χ1) is 10.3. The highest BCUT2D eigenvalue weighted by molar-refractivity contribution is 5.89. The van der Waals surface area contributed by atoms with Crippen molar-refractivity contribution in [2.24, 2.45) is 0 Å². The number of aromatic hydroxyl groups is 1. The molecule has 0 saturated carbocycles. The van der Waals surface area contributed by atoms with Gasteiger partial charge in [-0.15, -0.1) is 0 Å². The van der Waals surface area contributed by atoms with E-state index < -0.39 is 0 Å². The van der Waals surface area contributed by atoms with Crippen molar-refractivity contribution in [3.63, 3.8) is 0 Å². The fraction of sp³-hybridized carbons (Fsp3) is 0.100. The maximum Gasteiger partial charge on any atom is 0.126 e. The Morgan fingerprint density at radius 1 is 0.857 bits per heavy atom. The molecule has 1 nitrogen and oxygen atoms in total. The molecular weight excluding hydrogens is 256 g/mol. The lowest BCUT2D eigenvalue weighted by Crippen LogP contribution is -1.91. The Balaban J connectivity index is 2.04. The minimum Gasteiger partial charge on any atom is -0.507 e. The Morgan fingerprint density at radius 3 is 2.38 bits per heavy atom. The number of hydrogen-bond donors (Lipinski definition) is 1. The number of phenols is 1. The summed E-state index contributed by atoms with van der Waals surface area (Å²) in [6.45, 7) is 1.98. The number of hydrogen-bond acceptors (Lipinski definition) is 1. The smallest absolute Gasteiger partial charge is 0.126 e. The standard InChI is InChI=1S/C20H16O/c1-13-11-17(14-7-3-2-4-8-14)18-12-15-9-5-6-10-16(15)19(18)20(13)21/h2-11,21H,12H2,1H3. The first kappa shape index (κ1) is 12.2. The van der Waals surface area contributed by atoms with Crippen LogP contribution in [0.25, 0.3) is 22.3 Å². The normalized spacial score (nSPS) is 12.0. The summed E-state index contributed by atoms with van der Waals surface area (Å²) in [6, 6.07) is 20.9. The van der Waals surface area contributed by atoms with Crippen LogP contribution in [0.2, 0.25) is 0 Å². The van der Waals surface area contributed by atoms with Crippen LogP contribution in [0.5, 0.6) is 5.75 Å². The van der Waals surface area contributed by atoms with Gasteiger partial charge in [0.1, 0.15) is 5.75 Å². The summed E-state index contributed by atoms with van der Waals surface area (Å²) in [4.78, 5) is 0. The fourth-order valence-corrected chi connectivity index (χ4v) is 3.30. The molecule has 1 N–H and O–H groups in total. The maximum absolute atomic E-state index is 10.5. The van der Waals surface area contributed by atoms with Crippen LogP contribution in [0.4, 0.5) is 0 Å². The lowest BCUT2D eigenvalue weighted by atomic mass is 9.92. The summed E-state index contributed by atoms with van der Waals surface area (Å²) in [7, 11) is 0. The molecule has 3 aromatic rings. The average molecular weight is 272 g/mol. The molecule has 0 bridgehead atoms. The third-order valence-electron chi connectivity index (χ3n) is 4.34. The van der Waals surface area contributed by atoms with Gasteiger partial charge in [-0.25, -0.2) is 0 Å². The average Bonchev–Trinajstić information content (AvgIpc) is 2.91. The zero-order valence-electron chi connectivity index (χ0n) is 11.9. The number of benzene rings is 3. The van der Waals surface area contributed by atoms with Crippen molar-refractivity contribution < 1.29 is 5.11 Å². The molecule has 0 radical (unpaired) electrons. The molecule has 0 unspecified atom stereocenters. The molecule has 0 spiro atoms. The van der Waals surface area contributed by atoms with Crippen molar-refractivity contribution in [3.05, 3.63) is 77.4 Å². The van der Waals surface area contributed by atoms with Crippen LogP contribution in [-0.4, -0.2) is 5.11 Å². The lowest BCUT2D eigenvalue weighted by Gasteiger charge is -2.13. The van der Waals surface area contributed by atoms with E-state index in [2.05, 4.69) is 48.5 Å². The SMILES string of the molecule is Cc1cc(-c2ccccc2)c2c(c1O)-c1ccccc1C2. The van der Waals surface area contributed by atoms with E-state index in [1.54, 1.807) is 0 Å². The highest BCUT2D eigenvalue weighted by Gasteiger charge is 2.25. The van der Waals surface area contributed by atoms with E-state index >= 15 is 0 Å². The molecular formula is C20H16O. The zero-order valence-corrected chi connectivity index (χ0v) is 11.9. The first-order valence-corrected chi connectivity index (χ1v) is 7.25. The van der Waals surface area contributed by atoms with E-state index in [-0.39, 0.29) is 0 Å². The summed E-state index contributed by atoms with van der Waals surface area (Å²) in [5.74, 6) is 0.426. The molecule has 0 heterocycles. The van der Waals surface area contributed by atoms with E-state index in [9.17, 15) is 5.11 Å². The molecule has 3 aromatic carbocycles. The predicted octanol–water partition coefficient (Wildman–Crippen LogP) is 4.94. The van der Waals surface area contributed by atoms with Crippen molar-refractivity contribution in [3.8, 4) is 28.0 Å². The summed E-state index contributed by atoms with van der Waals surface area (Å²) in [5, 5.41) is 10.5.